The monoisotopic (exact) mass is 203 g/mol. The quantitative estimate of drug-likeness (QED) is 0.246. The molecule has 0 saturated carbocycles. The van der Waals surface area contributed by atoms with Crippen LogP contribution < -0.4 is 16.2 Å². The molecule has 0 bridgehead atoms. The average Bonchev–Trinajstić information content (AvgIpc) is 1.25. The van der Waals surface area contributed by atoms with Gasteiger partial charge in [0.15, 0.2) is 0 Å². The van der Waals surface area contributed by atoms with Crippen LogP contribution in [0.4, 0.5) is 0 Å². The molecule has 0 rings (SSSR count). The molecule has 0 aromatic carbocycles. The van der Waals surface area contributed by atoms with E-state index in [1.807, 2.05) is 0 Å². The fourth-order valence-electron chi connectivity index (χ4n) is 0. The van der Waals surface area contributed by atoms with Crippen LogP contribution in [-0.4, -0.2) is 34.7 Å². The van der Waals surface area contributed by atoms with Gasteiger partial charge >= 0.3 is 26.8 Å². The minimum atomic E-state index is -2.67. The van der Waals surface area contributed by atoms with E-state index < -0.39 is 14.6 Å². The first-order valence-electron chi connectivity index (χ1n) is 1.50. The molecule has 0 radical (unpaired) electrons. The zero-order chi connectivity index (χ0) is 7.15. The van der Waals surface area contributed by atoms with Crippen LogP contribution in [0.25, 0.3) is 0 Å². The summed E-state index contributed by atoms with van der Waals surface area (Å²) in [5.41, 5.74) is 0. The van der Waals surface area contributed by atoms with E-state index >= 15 is 0 Å². The normalized spacial score (nSPS) is 5.40. The summed E-state index contributed by atoms with van der Waals surface area (Å²) in [6.07, 6.45) is 0. The van der Waals surface area contributed by atoms with E-state index in [1.165, 1.54) is 0 Å². The largest absolute Gasteiger partial charge is 2.00 e. The Labute approximate surface area is 71.0 Å². The van der Waals surface area contributed by atoms with Crippen LogP contribution in [0, 0.1) is 0 Å². The second-order valence-electron chi connectivity index (χ2n) is 0.653. The predicted molar refractivity (Wildman–Crippen MR) is 25.4 cm³/mol. The first-order chi connectivity index (χ1) is 3.46. The van der Waals surface area contributed by atoms with Gasteiger partial charge in [-0.2, -0.15) is 0 Å². The molecule has 0 amide bonds. The van der Waals surface area contributed by atoms with E-state index in [9.17, 15) is 0 Å². The van der Waals surface area contributed by atoms with Crippen molar-refractivity contribution in [2.75, 3.05) is 0 Å². The van der Waals surface area contributed by atoms with Gasteiger partial charge in [-0.15, -0.1) is 0 Å². The molecule has 0 aliphatic rings. The predicted octanol–water partition coefficient (Wildman–Crippen LogP) is -5.21. The fourth-order valence-corrected chi connectivity index (χ4v) is 0. The topological polar surface area (TPSA) is 162 Å². The Morgan fingerprint density at radius 1 is 0.900 bits per heavy atom. The molecular formula is H7B2NO6Zn. The van der Waals surface area contributed by atoms with Gasteiger partial charge in [0.05, 0.1) is 7.32 Å². The second kappa shape index (κ2) is 16.2. The van der Waals surface area contributed by atoms with Crippen molar-refractivity contribution in [2.45, 2.75) is 0 Å². The van der Waals surface area contributed by atoms with Crippen molar-refractivity contribution in [1.82, 2.24) is 6.15 Å². The molecule has 10 heteroatoms. The van der Waals surface area contributed by atoms with Crippen molar-refractivity contribution in [3.05, 3.63) is 0 Å². The molecule has 0 aliphatic heterocycles. The molecule has 56 valence electrons. The molecule has 0 saturated heterocycles. The molecule has 10 heavy (non-hydrogen) atoms. The maximum absolute atomic E-state index is 8.53. The van der Waals surface area contributed by atoms with Crippen LogP contribution in [0.2, 0.25) is 0 Å². The summed E-state index contributed by atoms with van der Waals surface area (Å²) in [5, 5.41) is 45.5. The van der Waals surface area contributed by atoms with Gasteiger partial charge in [0.2, 0.25) is 0 Å². The number of hydrogen-bond donors (Lipinski definition) is 5. The fraction of sp³-hybridized carbons (Fsp3) is 0. The number of hydrogen-bond acceptors (Lipinski definition) is 7. The standard InChI is InChI=1S/BH3O3.BHO3.H3N.Zn/c2*2-1(3)4;;/h2-4H;2H;1H3;/q;-2;;+2. The molecule has 0 atom stereocenters. The molecule has 0 fully saturated rings. The summed E-state index contributed by atoms with van der Waals surface area (Å²) in [4.78, 5) is 0. The zero-order valence-electron chi connectivity index (χ0n) is 5.17. The third kappa shape index (κ3) is 2110. The Hall–Kier alpha value is 0.473. The van der Waals surface area contributed by atoms with Gasteiger partial charge in [-0.05, 0) is 0 Å². The molecule has 0 aromatic heterocycles. The molecule has 0 unspecified atom stereocenters. The van der Waals surface area contributed by atoms with Gasteiger partial charge in [-0.1, -0.05) is 0 Å². The summed E-state index contributed by atoms with van der Waals surface area (Å²) >= 11 is 0. The smallest absolute Gasteiger partial charge is 0.871 e. The SMILES string of the molecule is N.OB(O)O.[O-]B([O-])O.[Zn+2]. The molecule has 0 aliphatic carbocycles. The van der Waals surface area contributed by atoms with Gasteiger partial charge in [0.25, 0.3) is 0 Å². The molecule has 0 heterocycles. The van der Waals surface area contributed by atoms with Crippen molar-refractivity contribution in [1.29, 1.82) is 0 Å². The Balaban J connectivity index is -0.0000000300. The molecule has 7 nitrogen and oxygen atoms in total. The Kier molecular flexibility index (Phi) is 36.4. The van der Waals surface area contributed by atoms with Gasteiger partial charge in [0, 0.05) is 0 Å². The van der Waals surface area contributed by atoms with Gasteiger partial charge < -0.3 is 36.3 Å². The van der Waals surface area contributed by atoms with Crippen molar-refractivity contribution in [3.63, 3.8) is 0 Å². The van der Waals surface area contributed by atoms with Crippen LogP contribution in [0.5, 0.6) is 0 Å². The van der Waals surface area contributed by atoms with Gasteiger partial charge in [-0.3, -0.25) is 0 Å². The van der Waals surface area contributed by atoms with Crippen LogP contribution in [0.15, 0.2) is 0 Å². The van der Waals surface area contributed by atoms with E-state index in [2.05, 4.69) is 0 Å². The van der Waals surface area contributed by atoms with Gasteiger partial charge in [-0.25, -0.2) is 0 Å². The van der Waals surface area contributed by atoms with E-state index in [0.29, 0.717) is 0 Å². The first-order valence-corrected chi connectivity index (χ1v) is 1.50. The maximum Gasteiger partial charge on any atom is 2.00 e. The van der Waals surface area contributed by atoms with Crippen LogP contribution in [0.1, 0.15) is 0 Å². The summed E-state index contributed by atoms with van der Waals surface area (Å²) in [6.45, 7) is 0. The van der Waals surface area contributed by atoms with E-state index in [-0.39, 0.29) is 25.6 Å². The van der Waals surface area contributed by atoms with Gasteiger partial charge in [0.1, 0.15) is 0 Å². The summed E-state index contributed by atoms with van der Waals surface area (Å²) in [5.74, 6) is 0. The van der Waals surface area contributed by atoms with E-state index in [4.69, 9.17) is 30.1 Å². The minimum absolute atomic E-state index is 0. The minimum Gasteiger partial charge on any atom is -0.871 e. The zero-order valence-corrected chi connectivity index (χ0v) is 8.14. The molecule has 0 aromatic rings. The van der Waals surface area contributed by atoms with E-state index in [1.54, 1.807) is 0 Å². The van der Waals surface area contributed by atoms with Crippen molar-refractivity contribution >= 4 is 14.6 Å². The Morgan fingerprint density at radius 2 is 0.900 bits per heavy atom. The maximum atomic E-state index is 8.53. The second-order valence-corrected chi connectivity index (χ2v) is 0.653. The van der Waals surface area contributed by atoms with Crippen molar-refractivity contribution < 1.29 is 49.6 Å². The Bertz CT molecular complexity index is 31.2. The molecular weight excluding hydrogens is 197 g/mol. The third-order valence-corrected chi connectivity index (χ3v) is 0. The van der Waals surface area contributed by atoms with Crippen LogP contribution in [-0.2, 0) is 19.5 Å². The average molecular weight is 204 g/mol. The summed E-state index contributed by atoms with van der Waals surface area (Å²) in [7, 11) is -4.83. The number of rotatable bonds is 0. The first kappa shape index (κ1) is 22.4. The molecule has 0 spiro atoms. The molecule has 7 N–H and O–H groups in total. The van der Waals surface area contributed by atoms with Crippen molar-refractivity contribution in [3.8, 4) is 0 Å². The Morgan fingerprint density at radius 3 is 0.900 bits per heavy atom. The summed E-state index contributed by atoms with van der Waals surface area (Å²) < 4.78 is 0. The van der Waals surface area contributed by atoms with E-state index in [0.717, 1.165) is 0 Å². The van der Waals surface area contributed by atoms with Crippen molar-refractivity contribution in [2.24, 2.45) is 0 Å². The third-order valence-electron chi connectivity index (χ3n) is 0. The van der Waals surface area contributed by atoms with Crippen LogP contribution in [0.3, 0.4) is 0 Å². The van der Waals surface area contributed by atoms with Crippen LogP contribution >= 0.6 is 0 Å². The summed E-state index contributed by atoms with van der Waals surface area (Å²) in [6, 6.07) is 0.